The number of hydrogen-bond acceptors (Lipinski definition) is 1. The zero-order valence-electron chi connectivity index (χ0n) is 12.8. The van der Waals surface area contributed by atoms with Gasteiger partial charge in [0.2, 0.25) is 0 Å². The minimum Gasteiger partial charge on any atom is -0.260 e. The molecule has 0 spiro atoms. The number of hydrogen-bond donors (Lipinski definition) is 0. The lowest BCUT2D eigenvalue weighted by atomic mass is 10.0. The second-order valence-corrected chi connectivity index (χ2v) is 5.65. The topological polar surface area (TPSA) is 12.4 Å². The van der Waals surface area contributed by atoms with Crippen molar-refractivity contribution in [2.24, 2.45) is 4.99 Å². The molecule has 4 aromatic rings. The fraction of sp³-hybridized carbons (Fsp3) is 0.0455. The van der Waals surface area contributed by atoms with Gasteiger partial charge in [-0.3, -0.25) is 4.99 Å². The third kappa shape index (κ3) is 2.74. The van der Waals surface area contributed by atoms with E-state index in [1.165, 1.54) is 27.1 Å². The maximum absolute atomic E-state index is 4.71. The van der Waals surface area contributed by atoms with Crippen molar-refractivity contribution < 1.29 is 0 Å². The highest BCUT2D eigenvalue weighted by atomic mass is 14.7. The van der Waals surface area contributed by atoms with Crippen LogP contribution in [0.5, 0.6) is 0 Å². The van der Waals surface area contributed by atoms with Crippen LogP contribution in [0, 0.1) is 0 Å². The second kappa shape index (κ2) is 6.05. The molecule has 0 bridgehead atoms. The van der Waals surface area contributed by atoms with Crippen molar-refractivity contribution in [3.05, 3.63) is 90.5 Å². The molecule has 0 amide bonds. The quantitative estimate of drug-likeness (QED) is 0.415. The molecule has 0 heterocycles. The van der Waals surface area contributed by atoms with Crippen LogP contribution in [0.4, 0.5) is 5.69 Å². The third-order valence-electron chi connectivity index (χ3n) is 4.19. The van der Waals surface area contributed by atoms with Gasteiger partial charge in [0.25, 0.3) is 0 Å². The van der Waals surface area contributed by atoms with Crippen LogP contribution in [0.25, 0.3) is 21.5 Å². The van der Waals surface area contributed by atoms with Crippen molar-refractivity contribution in [1.82, 2.24) is 0 Å². The molecule has 0 aliphatic rings. The second-order valence-electron chi connectivity index (χ2n) is 5.65. The normalized spacial score (nSPS) is 11.5. The molecule has 0 radical (unpaired) electrons. The Bertz CT molecular complexity index is 988. The third-order valence-corrected chi connectivity index (χ3v) is 4.19. The smallest absolute Gasteiger partial charge is 0.0704 e. The van der Waals surface area contributed by atoms with Gasteiger partial charge in [-0.05, 0) is 27.8 Å². The molecule has 4 rings (SSSR count). The molecule has 0 unspecified atom stereocenters. The zero-order valence-corrected chi connectivity index (χ0v) is 12.8. The molecule has 1 heteroatoms. The van der Waals surface area contributed by atoms with Gasteiger partial charge in [0.05, 0.1) is 5.69 Å². The van der Waals surface area contributed by atoms with Gasteiger partial charge in [-0.2, -0.15) is 0 Å². The van der Waals surface area contributed by atoms with Crippen molar-refractivity contribution in [1.29, 1.82) is 0 Å². The molecular formula is C22H17N. The van der Waals surface area contributed by atoms with Gasteiger partial charge in [0, 0.05) is 18.0 Å². The molecule has 4 aromatic carbocycles. The van der Waals surface area contributed by atoms with Crippen LogP contribution in [-0.4, -0.2) is 6.21 Å². The summed E-state index contributed by atoms with van der Waals surface area (Å²) < 4.78 is 0. The minimum absolute atomic E-state index is 0.838. The summed E-state index contributed by atoms with van der Waals surface area (Å²) in [6.07, 6.45) is 2.86. The van der Waals surface area contributed by atoms with Crippen LogP contribution >= 0.6 is 0 Å². The van der Waals surface area contributed by atoms with E-state index in [4.69, 9.17) is 4.99 Å². The summed E-state index contributed by atoms with van der Waals surface area (Å²) >= 11 is 0. The summed E-state index contributed by atoms with van der Waals surface area (Å²) in [6, 6.07) is 29.6. The molecule has 1 nitrogen and oxygen atoms in total. The molecule has 0 N–H and O–H groups in total. The average molecular weight is 295 g/mol. The largest absolute Gasteiger partial charge is 0.260 e. The number of rotatable bonds is 3. The van der Waals surface area contributed by atoms with Gasteiger partial charge in [-0.15, -0.1) is 0 Å². The molecule has 0 fully saturated rings. The molecule has 0 saturated carbocycles. The average Bonchev–Trinajstić information content (AvgIpc) is 2.62. The molecule has 110 valence electrons. The fourth-order valence-electron chi connectivity index (χ4n) is 3.03. The Morgan fingerprint density at radius 3 is 2.04 bits per heavy atom. The van der Waals surface area contributed by atoms with Crippen LogP contribution in [0.2, 0.25) is 0 Å². The molecule has 0 saturated heterocycles. The molecule has 0 aromatic heterocycles. The Kier molecular flexibility index (Phi) is 3.61. The Labute approximate surface area is 135 Å². The first-order chi connectivity index (χ1) is 11.4. The van der Waals surface area contributed by atoms with Crippen molar-refractivity contribution in [3.8, 4) is 0 Å². The van der Waals surface area contributed by atoms with E-state index in [2.05, 4.69) is 84.9 Å². The minimum atomic E-state index is 0.838. The Morgan fingerprint density at radius 1 is 0.609 bits per heavy atom. The SMILES string of the molecule is C(Cc1cccc2ccccc12)=Nc1cccc2ccccc12. The standard InChI is InChI=1S/C22H17N/c1-3-12-20-17(7-1)9-5-10-19(20)15-16-23-22-14-6-11-18-8-2-4-13-21(18)22/h1-14,16H,15H2. The van der Waals surface area contributed by atoms with E-state index < -0.39 is 0 Å². The van der Waals surface area contributed by atoms with Gasteiger partial charge in [0.15, 0.2) is 0 Å². The fourth-order valence-corrected chi connectivity index (χ4v) is 3.03. The number of fused-ring (bicyclic) bond motifs is 2. The van der Waals surface area contributed by atoms with Crippen molar-refractivity contribution in [3.63, 3.8) is 0 Å². The summed E-state index contributed by atoms with van der Waals surface area (Å²) in [7, 11) is 0. The number of aliphatic imine (C=N–C) groups is 1. The van der Waals surface area contributed by atoms with Gasteiger partial charge in [-0.25, -0.2) is 0 Å². The van der Waals surface area contributed by atoms with Crippen LogP contribution in [0.1, 0.15) is 5.56 Å². The molecule has 23 heavy (non-hydrogen) atoms. The lowest BCUT2D eigenvalue weighted by molar-refractivity contribution is 1.38. The summed E-state index contributed by atoms with van der Waals surface area (Å²) in [6.45, 7) is 0. The monoisotopic (exact) mass is 295 g/mol. The summed E-state index contributed by atoms with van der Waals surface area (Å²) in [5.41, 5.74) is 2.34. The van der Waals surface area contributed by atoms with Crippen molar-refractivity contribution in [2.75, 3.05) is 0 Å². The summed E-state index contributed by atoms with van der Waals surface area (Å²) in [4.78, 5) is 4.71. The first-order valence-electron chi connectivity index (χ1n) is 7.89. The lowest BCUT2D eigenvalue weighted by Crippen LogP contribution is -1.88. The molecular weight excluding hydrogens is 278 g/mol. The van der Waals surface area contributed by atoms with E-state index in [-0.39, 0.29) is 0 Å². The summed E-state index contributed by atoms with van der Waals surface area (Å²) in [5.74, 6) is 0. The van der Waals surface area contributed by atoms with Gasteiger partial charge < -0.3 is 0 Å². The van der Waals surface area contributed by atoms with E-state index in [0.717, 1.165) is 12.1 Å². The first kappa shape index (κ1) is 13.7. The lowest BCUT2D eigenvalue weighted by Gasteiger charge is -2.04. The van der Waals surface area contributed by atoms with E-state index >= 15 is 0 Å². The Morgan fingerprint density at radius 2 is 1.22 bits per heavy atom. The van der Waals surface area contributed by atoms with Crippen LogP contribution in [0.3, 0.4) is 0 Å². The van der Waals surface area contributed by atoms with E-state index in [9.17, 15) is 0 Å². The van der Waals surface area contributed by atoms with Crippen LogP contribution in [0.15, 0.2) is 89.9 Å². The molecule has 0 aliphatic carbocycles. The maximum atomic E-state index is 4.71. The Balaban J connectivity index is 1.66. The van der Waals surface area contributed by atoms with E-state index in [1.807, 2.05) is 6.21 Å². The highest BCUT2D eigenvalue weighted by Crippen LogP contribution is 2.25. The van der Waals surface area contributed by atoms with E-state index in [1.54, 1.807) is 0 Å². The van der Waals surface area contributed by atoms with E-state index in [0.29, 0.717) is 0 Å². The highest BCUT2D eigenvalue weighted by molar-refractivity contribution is 5.94. The van der Waals surface area contributed by atoms with Gasteiger partial charge >= 0.3 is 0 Å². The Hall–Kier alpha value is -2.93. The predicted molar refractivity (Wildman–Crippen MR) is 99.8 cm³/mol. The highest BCUT2D eigenvalue weighted by Gasteiger charge is 2.00. The maximum Gasteiger partial charge on any atom is 0.0704 e. The van der Waals surface area contributed by atoms with Gasteiger partial charge in [-0.1, -0.05) is 78.9 Å². The van der Waals surface area contributed by atoms with Crippen molar-refractivity contribution in [2.45, 2.75) is 6.42 Å². The number of nitrogens with zero attached hydrogens (tertiary/aromatic N) is 1. The molecule has 0 aliphatic heterocycles. The van der Waals surface area contributed by atoms with Crippen LogP contribution < -0.4 is 0 Å². The number of benzene rings is 4. The molecule has 0 atom stereocenters. The van der Waals surface area contributed by atoms with Gasteiger partial charge in [0.1, 0.15) is 0 Å². The first-order valence-corrected chi connectivity index (χ1v) is 7.89. The summed E-state index contributed by atoms with van der Waals surface area (Å²) in [5, 5.41) is 5.01. The zero-order chi connectivity index (χ0) is 15.5. The van der Waals surface area contributed by atoms with Crippen molar-refractivity contribution >= 4 is 33.4 Å². The predicted octanol–water partition coefficient (Wildman–Crippen LogP) is 5.94. The van der Waals surface area contributed by atoms with Crippen LogP contribution in [-0.2, 0) is 6.42 Å².